The van der Waals surface area contributed by atoms with Crippen LogP contribution in [-0.4, -0.2) is 62.7 Å². The highest BCUT2D eigenvalue weighted by molar-refractivity contribution is 7.92. The van der Waals surface area contributed by atoms with Gasteiger partial charge in [0, 0.05) is 62.0 Å². The van der Waals surface area contributed by atoms with Crippen LogP contribution in [0.4, 0.5) is 26.2 Å². The number of nitrogens with zero attached hydrogens (tertiary/aromatic N) is 3. The molecule has 13 heteroatoms. The van der Waals surface area contributed by atoms with Crippen LogP contribution in [0.1, 0.15) is 36.2 Å². The van der Waals surface area contributed by atoms with Crippen LogP contribution in [0.5, 0.6) is 11.6 Å². The molecule has 0 unspecified atom stereocenters. The van der Waals surface area contributed by atoms with Crippen molar-refractivity contribution in [2.45, 2.75) is 32.9 Å². The minimum atomic E-state index is -3.36. The Bertz CT molecular complexity index is 1770. The molecule has 0 aliphatic carbocycles. The van der Waals surface area contributed by atoms with Gasteiger partial charge in [-0.25, -0.2) is 22.6 Å². The van der Waals surface area contributed by atoms with Crippen LogP contribution in [0.15, 0.2) is 91.1 Å². The van der Waals surface area contributed by atoms with E-state index >= 15 is 0 Å². The summed E-state index contributed by atoms with van der Waals surface area (Å²) in [6, 6.07) is 23.2. The Morgan fingerprint density at radius 2 is 1.66 bits per heavy atom. The molecular weight excluding hydrogens is 623 g/mol. The molecule has 3 aromatic carbocycles. The van der Waals surface area contributed by atoms with Gasteiger partial charge in [-0.3, -0.25) is 19.3 Å². The molecule has 1 saturated heterocycles. The number of para-hydroxylation sites is 1. The number of urea groups is 1. The zero-order valence-corrected chi connectivity index (χ0v) is 26.3. The minimum absolute atomic E-state index is 0. The summed E-state index contributed by atoms with van der Waals surface area (Å²) in [4.78, 5) is 34.1. The molecule has 1 aliphatic heterocycles. The number of benzene rings is 3. The highest BCUT2D eigenvalue weighted by Crippen LogP contribution is 2.27. The first-order valence-corrected chi connectivity index (χ1v) is 16.6. The van der Waals surface area contributed by atoms with Gasteiger partial charge >= 0.3 is 6.03 Å². The number of aromatic nitrogens is 1. The van der Waals surface area contributed by atoms with Crippen molar-refractivity contribution < 1.29 is 27.1 Å². The Morgan fingerprint density at radius 1 is 0.979 bits per heavy atom. The molecule has 1 fully saturated rings. The van der Waals surface area contributed by atoms with Gasteiger partial charge in [0.2, 0.25) is 15.9 Å². The molecule has 1 aliphatic rings. The zero-order valence-electron chi connectivity index (χ0n) is 25.4. The fraction of sp³-hybridized carbons (Fsp3) is 0.265. The summed E-state index contributed by atoms with van der Waals surface area (Å²) in [5.41, 5.74) is 2.38. The van der Waals surface area contributed by atoms with Crippen LogP contribution >= 0.6 is 0 Å². The number of hydrogen-bond donors (Lipinski definition) is 3. The van der Waals surface area contributed by atoms with Gasteiger partial charge in [0.05, 0.1) is 11.8 Å². The van der Waals surface area contributed by atoms with Gasteiger partial charge in [-0.2, -0.15) is 0 Å². The SMILES string of the molecule is C.CNC(=O)c1cc(NC(=O)N(c2ccccc2)C2CCN(Cc3ccc(Oc4ccc(NS(C)(=O)=O)cc4)nc3)CC2)ccc1F. The summed E-state index contributed by atoms with van der Waals surface area (Å²) in [5.74, 6) is -0.300. The molecule has 0 bridgehead atoms. The molecule has 4 aromatic rings. The lowest BCUT2D eigenvalue weighted by Crippen LogP contribution is -2.49. The second kappa shape index (κ2) is 15.5. The number of carbonyl (C=O) groups is 2. The van der Waals surface area contributed by atoms with Gasteiger partial charge in [0.25, 0.3) is 5.91 Å². The van der Waals surface area contributed by atoms with Crippen LogP contribution in [0.25, 0.3) is 0 Å². The third-order valence-electron chi connectivity index (χ3n) is 7.45. The molecule has 0 atom stereocenters. The average molecular weight is 663 g/mol. The fourth-order valence-electron chi connectivity index (χ4n) is 5.26. The normalized spacial score (nSPS) is 13.6. The van der Waals surface area contributed by atoms with E-state index in [1.54, 1.807) is 41.4 Å². The van der Waals surface area contributed by atoms with E-state index in [2.05, 4.69) is 25.2 Å². The Kier molecular flexibility index (Phi) is 11.5. The number of amides is 3. The first-order chi connectivity index (χ1) is 22.1. The van der Waals surface area contributed by atoms with E-state index in [9.17, 15) is 22.4 Å². The van der Waals surface area contributed by atoms with E-state index in [1.807, 2.05) is 36.4 Å². The number of pyridine rings is 1. The third kappa shape index (κ3) is 9.50. The summed E-state index contributed by atoms with van der Waals surface area (Å²) in [6.07, 6.45) is 4.32. The molecule has 3 amide bonds. The lowest BCUT2D eigenvalue weighted by atomic mass is 10.0. The standard InChI is InChI=1S/C33H35FN6O5S.CH4/c1-35-32(41)29-20-25(11-14-30(29)34)37-33(42)40(26-6-4-3-5-7-26)27-16-18-39(19-17-27)22-23-8-15-31(36-21-23)45-28-12-9-24(10-13-28)38-46(2,43)44;/h3-15,20-21,27,38H,16-19,22H2,1-2H3,(H,35,41)(H,37,42);1H4. The van der Waals surface area contributed by atoms with Gasteiger partial charge in [0.15, 0.2) is 0 Å². The van der Waals surface area contributed by atoms with E-state index in [4.69, 9.17) is 4.74 Å². The Labute approximate surface area is 274 Å². The lowest BCUT2D eigenvalue weighted by molar-refractivity contribution is 0.0959. The number of sulfonamides is 1. The maximum atomic E-state index is 14.2. The number of hydrogen-bond acceptors (Lipinski definition) is 7. The molecule has 1 aromatic heterocycles. The predicted molar refractivity (Wildman–Crippen MR) is 182 cm³/mol. The van der Waals surface area contributed by atoms with Gasteiger partial charge < -0.3 is 15.4 Å². The first kappa shape index (κ1) is 34.9. The molecule has 47 heavy (non-hydrogen) atoms. The van der Waals surface area contributed by atoms with E-state index in [0.717, 1.165) is 49.5 Å². The lowest BCUT2D eigenvalue weighted by Gasteiger charge is -2.38. The summed E-state index contributed by atoms with van der Waals surface area (Å²) in [7, 11) is -1.94. The number of carbonyl (C=O) groups excluding carboxylic acids is 2. The Hall–Kier alpha value is -5.01. The number of nitrogens with one attached hydrogen (secondary N) is 3. The van der Waals surface area contributed by atoms with Crippen molar-refractivity contribution in [2.24, 2.45) is 0 Å². The molecule has 5 rings (SSSR count). The van der Waals surface area contributed by atoms with Crippen molar-refractivity contribution >= 4 is 39.0 Å². The maximum absolute atomic E-state index is 14.2. The van der Waals surface area contributed by atoms with Crippen LogP contribution < -0.4 is 25.0 Å². The number of piperidine rings is 1. The first-order valence-electron chi connectivity index (χ1n) is 14.7. The van der Waals surface area contributed by atoms with Crippen molar-refractivity contribution in [1.82, 2.24) is 15.2 Å². The van der Waals surface area contributed by atoms with Crippen molar-refractivity contribution in [3.8, 4) is 11.6 Å². The highest BCUT2D eigenvalue weighted by Gasteiger charge is 2.29. The summed E-state index contributed by atoms with van der Waals surface area (Å²) >= 11 is 0. The number of likely N-dealkylation sites (tertiary alicyclic amines) is 1. The van der Waals surface area contributed by atoms with Crippen LogP contribution in [-0.2, 0) is 16.6 Å². The number of rotatable bonds is 10. The monoisotopic (exact) mass is 662 g/mol. The van der Waals surface area contributed by atoms with Crippen molar-refractivity contribution in [3.05, 3.63) is 108 Å². The van der Waals surface area contributed by atoms with Gasteiger partial charge in [-0.05, 0) is 73.0 Å². The molecule has 3 N–H and O–H groups in total. The molecule has 0 radical (unpaired) electrons. The van der Waals surface area contributed by atoms with Crippen LogP contribution in [0, 0.1) is 5.82 Å². The Balaban J connectivity index is 0.00000500. The van der Waals surface area contributed by atoms with Crippen molar-refractivity contribution in [1.29, 1.82) is 0 Å². The topological polar surface area (TPSA) is 133 Å². The maximum Gasteiger partial charge on any atom is 0.326 e. The van der Waals surface area contributed by atoms with Gasteiger partial charge in [0.1, 0.15) is 11.6 Å². The van der Waals surface area contributed by atoms with Gasteiger partial charge in [-0.15, -0.1) is 0 Å². The minimum Gasteiger partial charge on any atom is -0.439 e. The molecule has 248 valence electrons. The van der Waals surface area contributed by atoms with E-state index < -0.39 is 21.7 Å². The second-order valence-corrected chi connectivity index (χ2v) is 12.7. The van der Waals surface area contributed by atoms with Gasteiger partial charge in [-0.1, -0.05) is 31.7 Å². The van der Waals surface area contributed by atoms with E-state index in [0.29, 0.717) is 29.5 Å². The molecule has 0 saturated carbocycles. The van der Waals surface area contributed by atoms with E-state index in [-0.39, 0.29) is 25.1 Å². The summed E-state index contributed by atoms with van der Waals surface area (Å²) in [5, 5.41) is 5.26. The molecule has 2 heterocycles. The van der Waals surface area contributed by atoms with Crippen LogP contribution in [0.2, 0.25) is 0 Å². The highest BCUT2D eigenvalue weighted by atomic mass is 32.2. The van der Waals surface area contributed by atoms with Crippen molar-refractivity contribution in [2.75, 3.05) is 41.3 Å². The van der Waals surface area contributed by atoms with Crippen molar-refractivity contribution in [3.63, 3.8) is 0 Å². The predicted octanol–water partition coefficient (Wildman–Crippen LogP) is 6.08. The number of halogens is 1. The molecular formula is C34H39FN6O5S. The summed E-state index contributed by atoms with van der Waals surface area (Å²) in [6.45, 7) is 2.19. The summed E-state index contributed by atoms with van der Waals surface area (Å²) < 4.78 is 45.2. The molecule has 11 nitrogen and oxygen atoms in total. The van der Waals surface area contributed by atoms with Crippen LogP contribution in [0.3, 0.4) is 0 Å². The third-order valence-corrected chi connectivity index (χ3v) is 8.05. The van der Waals surface area contributed by atoms with E-state index in [1.165, 1.54) is 19.2 Å². The molecule has 0 spiro atoms. The largest absolute Gasteiger partial charge is 0.439 e. The Morgan fingerprint density at radius 3 is 2.28 bits per heavy atom. The number of ether oxygens (including phenoxy) is 1. The average Bonchev–Trinajstić information content (AvgIpc) is 3.04. The number of anilines is 3. The quantitative estimate of drug-likeness (QED) is 0.187. The zero-order chi connectivity index (χ0) is 32.7. The smallest absolute Gasteiger partial charge is 0.326 e. The fourth-order valence-corrected chi connectivity index (χ4v) is 5.83. The second-order valence-electron chi connectivity index (χ2n) is 10.9.